The van der Waals surface area contributed by atoms with Gasteiger partial charge in [0.05, 0.1) is 11.6 Å². The molecule has 0 bridgehead atoms. The molecule has 1 unspecified atom stereocenters. The summed E-state index contributed by atoms with van der Waals surface area (Å²) in [4.78, 5) is 4.34. The lowest BCUT2D eigenvalue weighted by Gasteiger charge is -2.01. The van der Waals surface area contributed by atoms with E-state index in [0.29, 0.717) is 0 Å². The smallest absolute Gasteiger partial charge is 0.148 e. The third kappa shape index (κ3) is 1.87. The molecule has 1 atom stereocenters. The lowest BCUT2D eigenvalue weighted by atomic mass is 10.1. The van der Waals surface area contributed by atoms with Crippen LogP contribution in [0, 0.1) is 0 Å². The molecule has 0 fully saturated rings. The van der Waals surface area contributed by atoms with Crippen molar-refractivity contribution in [2.75, 3.05) is 0 Å². The molecule has 4 nitrogen and oxygen atoms in total. The molecule has 5 heteroatoms. The van der Waals surface area contributed by atoms with Crippen molar-refractivity contribution in [3.8, 4) is 10.6 Å². The zero-order valence-electron chi connectivity index (χ0n) is 9.87. The summed E-state index contributed by atoms with van der Waals surface area (Å²) in [7, 11) is 0. The van der Waals surface area contributed by atoms with Gasteiger partial charge in [-0.3, -0.25) is 4.98 Å². The number of nitrogens with zero attached hydrogens (tertiary/aromatic N) is 3. The van der Waals surface area contributed by atoms with Gasteiger partial charge in [0.1, 0.15) is 10.0 Å². The Morgan fingerprint density at radius 3 is 2.83 bits per heavy atom. The molecule has 90 valence electrons. The highest BCUT2D eigenvalue weighted by atomic mass is 32.1. The van der Waals surface area contributed by atoms with Crippen molar-refractivity contribution in [3.63, 3.8) is 0 Å². The second-order valence-electron chi connectivity index (χ2n) is 4.11. The quantitative estimate of drug-likeness (QED) is 0.765. The molecule has 0 amide bonds. The largest absolute Gasteiger partial charge is 0.322 e. The van der Waals surface area contributed by atoms with Crippen LogP contribution in [0.2, 0.25) is 0 Å². The van der Waals surface area contributed by atoms with E-state index < -0.39 is 0 Å². The molecule has 0 aliphatic rings. The number of pyridine rings is 1. The highest BCUT2D eigenvalue weighted by molar-refractivity contribution is 7.14. The predicted octanol–water partition coefficient (Wildman–Crippen LogP) is 2.77. The highest BCUT2D eigenvalue weighted by Gasteiger charge is 2.11. The standard InChI is InChI=1S/C13H12N4S/c1-8(14)12-16-17-13(18-12)10-4-2-6-11-9(10)5-3-7-15-11/h2-8H,14H2,1H3. The molecule has 3 aromatic rings. The topological polar surface area (TPSA) is 64.7 Å². The van der Waals surface area contributed by atoms with E-state index in [2.05, 4.69) is 15.2 Å². The van der Waals surface area contributed by atoms with Gasteiger partial charge in [0.25, 0.3) is 0 Å². The average molecular weight is 256 g/mol. The highest BCUT2D eigenvalue weighted by Crippen LogP contribution is 2.30. The first kappa shape index (κ1) is 11.3. The van der Waals surface area contributed by atoms with Crippen molar-refractivity contribution in [2.45, 2.75) is 13.0 Å². The van der Waals surface area contributed by atoms with Crippen LogP contribution in [0.5, 0.6) is 0 Å². The summed E-state index contributed by atoms with van der Waals surface area (Å²) in [6.07, 6.45) is 1.79. The van der Waals surface area contributed by atoms with Crippen LogP contribution in [0.15, 0.2) is 36.5 Å². The number of hydrogen-bond acceptors (Lipinski definition) is 5. The molecular formula is C13H12N4S. The molecule has 18 heavy (non-hydrogen) atoms. The summed E-state index contributed by atoms with van der Waals surface area (Å²) < 4.78 is 0. The molecule has 3 rings (SSSR count). The average Bonchev–Trinajstić information content (AvgIpc) is 2.87. The SMILES string of the molecule is CC(N)c1nnc(-c2cccc3ncccc23)s1. The normalized spacial score (nSPS) is 12.8. The molecule has 0 radical (unpaired) electrons. The van der Waals surface area contributed by atoms with Gasteiger partial charge in [-0.15, -0.1) is 10.2 Å². The number of hydrogen-bond donors (Lipinski definition) is 1. The Balaban J connectivity index is 2.18. The Bertz CT molecular complexity index is 685. The Morgan fingerprint density at radius 1 is 1.17 bits per heavy atom. The molecule has 0 saturated carbocycles. The fourth-order valence-corrected chi connectivity index (χ4v) is 2.65. The van der Waals surface area contributed by atoms with E-state index in [4.69, 9.17) is 5.73 Å². The minimum Gasteiger partial charge on any atom is -0.322 e. The molecule has 0 saturated heterocycles. The van der Waals surface area contributed by atoms with Crippen molar-refractivity contribution in [1.29, 1.82) is 0 Å². The van der Waals surface area contributed by atoms with Crippen LogP contribution in [0.25, 0.3) is 21.5 Å². The Labute approximate surface area is 109 Å². The van der Waals surface area contributed by atoms with Crippen molar-refractivity contribution >= 4 is 22.2 Å². The zero-order chi connectivity index (χ0) is 12.5. The van der Waals surface area contributed by atoms with Crippen LogP contribution in [0.1, 0.15) is 18.0 Å². The Morgan fingerprint density at radius 2 is 2.06 bits per heavy atom. The number of fused-ring (bicyclic) bond motifs is 1. The van der Waals surface area contributed by atoms with Crippen molar-refractivity contribution in [2.24, 2.45) is 5.73 Å². The number of benzene rings is 1. The summed E-state index contributed by atoms with van der Waals surface area (Å²) >= 11 is 1.53. The van der Waals surface area contributed by atoms with E-state index in [1.807, 2.05) is 37.3 Å². The maximum absolute atomic E-state index is 5.81. The minimum absolute atomic E-state index is 0.0793. The summed E-state index contributed by atoms with van der Waals surface area (Å²) in [6, 6.07) is 9.91. The molecular weight excluding hydrogens is 244 g/mol. The van der Waals surface area contributed by atoms with Crippen LogP contribution in [0.3, 0.4) is 0 Å². The monoisotopic (exact) mass is 256 g/mol. The van der Waals surface area contributed by atoms with Gasteiger partial charge in [-0.2, -0.15) is 0 Å². The van der Waals surface area contributed by atoms with Gasteiger partial charge in [-0.1, -0.05) is 29.5 Å². The lowest BCUT2D eigenvalue weighted by Crippen LogP contribution is -2.03. The predicted molar refractivity (Wildman–Crippen MR) is 73.2 cm³/mol. The van der Waals surface area contributed by atoms with Crippen molar-refractivity contribution in [3.05, 3.63) is 41.5 Å². The third-order valence-electron chi connectivity index (χ3n) is 2.71. The van der Waals surface area contributed by atoms with Crippen LogP contribution in [-0.4, -0.2) is 15.2 Å². The van der Waals surface area contributed by atoms with Gasteiger partial charge >= 0.3 is 0 Å². The molecule has 2 N–H and O–H groups in total. The third-order valence-corrected chi connectivity index (χ3v) is 3.86. The number of rotatable bonds is 2. The molecule has 0 aliphatic carbocycles. The van der Waals surface area contributed by atoms with E-state index >= 15 is 0 Å². The summed E-state index contributed by atoms with van der Waals surface area (Å²) in [5, 5.41) is 11.2. The van der Waals surface area contributed by atoms with E-state index in [9.17, 15) is 0 Å². The lowest BCUT2D eigenvalue weighted by molar-refractivity contribution is 0.786. The number of nitrogens with two attached hydrogens (primary N) is 1. The van der Waals surface area contributed by atoms with Gasteiger partial charge in [0.15, 0.2) is 0 Å². The number of aromatic nitrogens is 3. The maximum Gasteiger partial charge on any atom is 0.148 e. The minimum atomic E-state index is -0.0793. The van der Waals surface area contributed by atoms with Crippen molar-refractivity contribution < 1.29 is 0 Å². The second kappa shape index (κ2) is 4.44. The zero-order valence-corrected chi connectivity index (χ0v) is 10.7. The summed E-state index contributed by atoms with van der Waals surface area (Å²) in [5.74, 6) is 0. The van der Waals surface area contributed by atoms with Gasteiger partial charge in [0, 0.05) is 17.1 Å². The first-order valence-electron chi connectivity index (χ1n) is 5.69. The van der Waals surface area contributed by atoms with Crippen LogP contribution >= 0.6 is 11.3 Å². The first-order chi connectivity index (χ1) is 8.75. The summed E-state index contributed by atoms with van der Waals surface area (Å²) in [5.41, 5.74) is 7.84. The second-order valence-corrected chi connectivity index (χ2v) is 5.12. The van der Waals surface area contributed by atoms with Crippen molar-refractivity contribution in [1.82, 2.24) is 15.2 Å². The van der Waals surface area contributed by atoms with E-state index in [0.717, 1.165) is 26.5 Å². The van der Waals surface area contributed by atoms with Gasteiger partial charge in [0.2, 0.25) is 0 Å². The fourth-order valence-electron chi connectivity index (χ4n) is 1.82. The van der Waals surface area contributed by atoms with Crippen LogP contribution < -0.4 is 5.73 Å². The Kier molecular flexibility index (Phi) is 2.77. The summed E-state index contributed by atoms with van der Waals surface area (Å²) in [6.45, 7) is 1.91. The van der Waals surface area contributed by atoms with Gasteiger partial charge < -0.3 is 5.73 Å². The van der Waals surface area contributed by atoms with Crippen LogP contribution in [0.4, 0.5) is 0 Å². The molecule has 2 heterocycles. The molecule has 1 aromatic carbocycles. The molecule has 0 aliphatic heterocycles. The van der Waals surface area contributed by atoms with E-state index in [-0.39, 0.29) is 6.04 Å². The van der Waals surface area contributed by atoms with E-state index in [1.165, 1.54) is 11.3 Å². The fraction of sp³-hybridized carbons (Fsp3) is 0.154. The maximum atomic E-state index is 5.81. The van der Waals surface area contributed by atoms with Gasteiger partial charge in [-0.05, 0) is 19.1 Å². The first-order valence-corrected chi connectivity index (χ1v) is 6.50. The molecule has 0 spiro atoms. The van der Waals surface area contributed by atoms with Crippen LogP contribution in [-0.2, 0) is 0 Å². The molecule has 2 aromatic heterocycles. The Hall–Kier alpha value is -1.85. The van der Waals surface area contributed by atoms with E-state index in [1.54, 1.807) is 6.20 Å². The van der Waals surface area contributed by atoms with Gasteiger partial charge in [-0.25, -0.2) is 0 Å².